The van der Waals surface area contributed by atoms with Crippen molar-refractivity contribution in [3.63, 3.8) is 0 Å². The van der Waals surface area contributed by atoms with Gasteiger partial charge in [-0.05, 0) is 24.1 Å². The maximum atomic E-state index is 12.6. The number of hydrogen-bond acceptors (Lipinski definition) is 5. The van der Waals surface area contributed by atoms with Gasteiger partial charge >= 0.3 is 6.03 Å². The number of amides is 4. The predicted molar refractivity (Wildman–Crippen MR) is 109 cm³/mol. The van der Waals surface area contributed by atoms with Gasteiger partial charge in [0.1, 0.15) is 12.4 Å². The SMILES string of the molecule is O=C(C[C@H]1NC(=O)N(CCc2ccccc2)C1=O)Nc1cccc(-c2ncn[nH]2)c1. The van der Waals surface area contributed by atoms with E-state index >= 15 is 0 Å². The van der Waals surface area contributed by atoms with Crippen LogP contribution in [0.15, 0.2) is 60.9 Å². The van der Waals surface area contributed by atoms with Gasteiger partial charge < -0.3 is 10.6 Å². The number of urea groups is 1. The molecule has 1 saturated heterocycles. The molecule has 9 heteroatoms. The number of benzene rings is 2. The molecule has 1 atom stereocenters. The van der Waals surface area contributed by atoms with E-state index in [1.807, 2.05) is 36.4 Å². The second-order valence-corrected chi connectivity index (χ2v) is 6.89. The fraction of sp³-hybridized carbons (Fsp3) is 0.190. The molecule has 1 aliphatic rings. The average molecular weight is 404 g/mol. The molecule has 3 N–H and O–H groups in total. The molecule has 0 bridgehead atoms. The summed E-state index contributed by atoms with van der Waals surface area (Å²) in [5.74, 6) is -0.173. The van der Waals surface area contributed by atoms with Crippen LogP contribution in [0.1, 0.15) is 12.0 Å². The molecule has 1 fully saturated rings. The highest BCUT2D eigenvalue weighted by molar-refractivity contribution is 6.07. The first kappa shape index (κ1) is 19.3. The summed E-state index contributed by atoms with van der Waals surface area (Å²) in [6.45, 7) is 0.270. The van der Waals surface area contributed by atoms with E-state index in [1.54, 1.807) is 18.2 Å². The minimum atomic E-state index is -0.870. The Kier molecular flexibility index (Phi) is 5.51. The van der Waals surface area contributed by atoms with E-state index in [1.165, 1.54) is 6.33 Å². The Bertz CT molecular complexity index is 1050. The second-order valence-electron chi connectivity index (χ2n) is 6.89. The first-order valence-electron chi connectivity index (χ1n) is 9.51. The molecule has 1 aliphatic heterocycles. The summed E-state index contributed by atoms with van der Waals surface area (Å²) in [6, 6.07) is 15.4. The number of carbonyl (C=O) groups is 3. The molecule has 1 aromatic heterocycles. The van der Waals surface area contributed by atoms with Crippen molar-refractivity contribution < 1.29 is 14.4 Å². The van der Waals surface area contributed by atoms with Crippen LogP contribution in [0.3, 0.4) is 0 Å². The third-order valence-corrected chi connectivity index (χ3v) is 4.80. The van der Waals surface area contributed by atoms with Gasteiger partial charge in [-0.15, -0.1) is 0 Å². The number of aromatic amines is 1. The largest absolute Gasteiger partial charge is 0.326 e. The van der Waals surface area contributed by atoms with Crippen molar-refractivity contribution in [3.8, 4) is 11.4 Å². The third kappa shape index (κ3) is 4.35. The van der Waals surface area contributed by atoms with Gasteiger partial charge in [0.25, 0.3) is 5.91 Å². The third-order valence-electron chi connectivity index (χ3n) is 4.80. The highest BCUT2D eigenvalue weighted by Gasteiger charge is 2.38. The van der Waals surface area contributed by atoms with Gasteiger partial charge in [-0.25, -0.2) is 9.78 Å². The molecule has 4 rings (SSSR count). The molecule has 3 aromatic rings. The van der Waals surface area contributed by atoms with Gasteiger partial charge in [0.15, 0.2) is 5.82 Å². The molecule has 0 radical (unpaired) electrons. The predicted octanol–water partition coefficient (Wildman–Crippen LogP) is 1.96. The monoisotopic (exact) mass is 404 g/mol. The Morgan fingerprint density at radius 2 is 1.93 bits per heavy atom. The molecular weight excluding hydrogens is 384 g/mol. The number of nitrogens with one attached hydrogen (secondary N) is 3. The molecule has 2 heterocycles. The number of anilines is 1. The van der Waals surface area contributed by atoms with Crippen molar-refractivity contribution in [2.75, 3.05) is 11.9 Å². The van der Waals surface area contributed by atoms with Gasteiger partial charge in [-0.3, -0.25) is 19.6 Å². The molecule has 0 spiro atoms. The van der Waals surface area contributed by atoms with E-state index in [2.05, 4.69) is 25.8 Å². The molecule has 2 aromatic carbocycles. The summed E-state index contributed by atoms with van der Waals surface area (Å²) in [7, 11) is 0. The number of rotatable bonds is 7. The Hall–Kier alpha value is -4.01. The first-order chi connectivity index (χ1) is 14.6. The van der Waals surface area contributed by atoms with Gasteiger partial charge in [0.05, 0.1) is 6.42 Å². The second kappa shape index (κ2) is 8.56. The lowest BCUT2D eigenvalue weighted by Crippen LogP contribution is -2.34. The molecule has 152 valence electrons. The van der Waals surface area contributed by atoms with Crippen molar-refractivity contribution >= 4 is 23.5 Å². The first-order valence-corrected chi connectivity index (χ1v) is 9.51. The molecule has 9 nitrogen and oxygen atoms in total. The van der Waals surface area contributed by atoms with Crippen LogP contribution < -0.4 is 10.6 Å². The molecule has 30 heavy (non-hydrogen) atoms. The number of aromatic nitrogens is 3. The quantitative estimate of drug-likeness (QED) is 0.520. The standard InChI is InChI=1S/C21H20N6O3/c28-18(24-16-8-4-7-15(11-16)19-22-13-23-26-19)12-17-20(29)27(21(30)25-17)10-9-14-5-2-1-3-6-14/h1-8,11,13,17H,9-10,12H2,(H,24,28)(H,25,30)(H,22,23,26)/t17-/m1/s1. The van der Waals surface area contributed by atoms with Crippen LogP contribution in [0.2, 0.25) is 0 Å². The fourth-order valence-electron chi connectivity index (χ4n) is 3.30. The summed E-state index contributed by atoms with van der Waals surface area (Å²) >= 11 is 0. The molecule has 4 amide bonds. The minimum Gasteiger partial charge on any atom is -0.326 e. The average Bonchev–Trinajstić information content (AvgIpc) is 3.37. The number of nitrogens with zero attached hydrogens (tertiary/aromatic N) is 3. The zero-order valence-corrected chi connectivity index (χ0v) is 16.0. The highest BCUT2D eigenvalue weighted by Crippen LogP contribution is 2.19. The Morgan fingerprint density at radius 3 is 2.70 bits per heavy atom. The van der Waals surface area contributed by atoms with Gasteiger partial charge in [-0.1, -0.05) is 42.5 Å². The van der Waals surface area contributed by atoms with Crippen molar-refractivity contribution in [2.45, 2.75) is 18.9 Å². The van der Waals surface area contributed by atoms with Crippen LogP contribution in [0, 0.1) is 0 Å². The minimum absolute atomic E-state index is 0.140. The number of H-pyrrole nitrogens is 1. The van der Waals surface area contributed by atoms with E-state index in [9.17, 15) is 14.4 Å². The van der Waals surface area contributed by atoms with Gasteiger partial charge in [0.2, 0.25) is 5.91 Å². The van der Waals surface area contributed by atoms with Crippen LogP contribution in [0.4, 0.5) is 10.5 Å². The summed E-state index contributed by atoms with van der Waals surface area (Å²) in [5.41, 5.74) is 2.36. The van der Waals surface area contributed by atoms with E-state index in [0.29, 0.717) is 17.9 Å². The van der Waals surface area contributed by atoms with Gasteiger partial charge in [-0.2, -0.15) is 5.10 Å². The lowest BCUT2D eigenvalue weighted by atomic mass is 10.1. The topological polar surface area (TPSA) is 120 Å². The van der Waals surface area contributed by atoms with E-state index in [-0.39, 0.29) is 24.8 Å². The van der Waals surface area contributed by atoms with Crippen LogP contribution in [0.5, 0.6) is 0 Å². The zero-order chi connectivity index (χ0) is 20.9. The molecule has 0 aliphatic carbocycles. The van der Waals surface area contributed by atoms with Crippen molar-refractivity contribution in [3.05, 3.63) is 66.5 Å². The van der Waals surface area contributed by atoms with Crippen molar-refractivity contribution in [1.29, 1.82) is 0 Å². The van der Waals surface area contributed by atoms with Gasteiger partial charge in [0, 0.05) is 17.8 Å². The van der Waals surface area contributed by atoms with Crippen LogP contribution in [-0.2, 0) is 16.0 Å². The maximum Gasteiger partial charge on any atom is 0.324 e. The number of hydrogen-bond donors (Lipinski definition) is 3. The van der Waals surface area contributed by atoms with Crippen molar-refractivity contribution in [2.24, 2.45) is 0 Å². The lowest BCUT2D eigenvalue weighted by Gasteiger charge is -2.13. The Morgan fingerprint density at radius 1 is 1.10 bits per heavy atom. The molecule has 0 saturated carbocycles. The zero-order valence-electron chi connectivity index (χ0n) is 16.0. The van der Waals surface area contributed by atoms with Crippen LogP contribution in [0.25, 0.3) is 11.4 Å². The van der Waals surface area contributed by atoms with Crippen LogP contribution >= 0.6 is 0 Å². The fourth-order valence-corrected chi connectivity index (χ4v) is 3.30. The Labute approximate surface area is 172 Å². The van der Waals surface area contributed by atoms with Crippen LogP contribution in [-0.4, -0.2) is 50.5 Å². The highest BCUT2D eigenvalue weighted by atomic mass is 16.2. The van der Waals surface area contributed by atoms with E-state index < -0.39 is 12.1 Å². The molecular formula is C21H20N6O3. The number of imide groups is 1. The smallest absolute Gasteiger partial charge is 0.324 e. The molecule has 0 unspecified atom stereocenters. The summed E-state index contributed by atoms with van der Waals surface area (Å²) in [4.78, 5) is 42.4. The Balaban J connectivity index is 1.34. The normalized spacial score (nSPS) is 15.9. The summed E-state index contributed by atoms with van der Waals surface area (Å²) in [6.07, 6.45) is 1.82. The van der Waals surface area contributed by atoms with E-state index in [0.717, 1.165) is 16.0 Å². The maximum absolute atomic E-state index is 12.6. The van der Waals surface area contributed by atoms with E-state index in [4.69, 9.17) is 0 Å². The summed E-state index contributed by atoms with van der Waals surface area (Å²) < 4.78 is 0. The summed E-state index contributed by atoms with van der Waals surface area (Å²) in [5, 5.41) is 11.9. The number of carbonyl (C=O) groups excluding carboxylic acids is 3. The van der Waals surface area contributed by atoms with Crippen molar-refractivity contribution in [1.82, 2.24) is 25.4 Å². The lowest BCUT2D eigenvalue weighted by molar-refractivity contribution is -0.129.